The third kappa shape index (κ3) is 10.8. The molecule has 2 aromatic rings. The Labute approximate surface area is 256 Å². The number of amides is 3. The van der Waals surface area contributed by atoms with Gasteiger partial charge < -0.3 is 25.8 Å². The molecule has 0 spiro atoms. The molecule has 0 saturated carbocycles. The van der Waals surface area contributed by atoms with Crippen LogP contribution in [-0.2, 0) is 32.0 Å². The van der Waals surface area contributed by atoms with Crippen LogP contribution in [0, 0.1) is 5.92 Å². The highest BCUT2D eigenvalue weighted by Crippen LogP contribution is 2.25. The van der Waals surface area contributed by atoms with Gasteiger partial charge in [0.1, 0.15) is 12.1 Å². The largest absolute Gasteiger partial charge is 0.384 e. The van der Waals surface area contributed by atoms with Crippen molar-refractivity contribution in [2.45, 2.75) is 57.2 Å². The molecule has 2 aromatic carbocycles. The Morgan fingerprint density at radius 1 is 1.02 bits per heavy atom. The van der Waals surface area contributed by atoms with Crippen molar-refractivity contribution < 1.29 is 33.0 Å². The van der Waals surface area contributed by atoms with E-state index in [0.29, 0.717) is 44.3 Å². The summed E-state index contributed by atoms with van der Waals surface area (Å²) in [5, 5.41) is 18.6. The Kier molecular flexibility index (Phi) is 13.3. The number of hydrogen-bond acceptors (Lipinski definition) is 6. The first-order valence-corrected chi connectivity index (χ1v) is 14.9. The highest BCUT2D eigenvalue weighted by Gasteiger charge is 2.51. The summed E-state index contributed by atoms with van der Waals surface area (Å²) in [6.07, 6.45) is -1.96. The first-order chi connectivity index (χ1) is 20.5. The average molecular weight is 623 g/mol. The lowest BCUT2D eigenvalue weighted by atomic mass is 9.93. The van der Waals surface area contributed by atoms with Crippen LogP contribution >= 0.6 is 11.6 Å². The minimum Gasteiger partial charge on any atom is -0.384 e. The first-order valence-electron chi connectivity index (χ1n) is 14.5. The molecule has 236 valence electrons. The number of nitrogens with one attached hydrogen (secondary N) is 3. The molecule has 1 aliphatic heterocycles. The van der Waals surface area contributed by atoms with Crippen molar-refractivity contribution in [3.8, 4) is 0 Å². The fraction of sp³-hybridized carbons (Fsp3) is 0.516. The van der Waals surface area contributed by atoms with Crippen molar-refractivity contribution in [2.75, 3.05) is 39.4 Å². The summed E-state index contributed by atoms with van der Waals surface area (Å²) in [5.41, 5.74) is 1.59. The molecule has 43 heavy (non-hydrogen) atoms. The van der Waals surface area contributed by atoms with Gasteiger partial charge in [0.15, 0.2) is 0 Å². The number of ether oxygens (including phenoxy) is 1. The van der Waals surface area contributed by atoms with E-state index in [9.17, 15) is 19.5 Å². The third-order valence-electron chi connectivity index (χ3n) is 7.32. The van der Waals surface area contributed by atoms with Crippen LogP contribution in [0.5, 0.6) is 0 Å². The lowest BCUT2D eigenvalue weighted by Crippen LogP contribution is -2.61. The third-order valence-corrected chi connectivity index (χ3v) is 7.56. The molecule has 1 saturated heterocycles. The standard InChI is InChI=1S/C31H41ClF2N4O5/c1-21(2)27(28(40)31(33,34)30(42)35-13-14-38-15-17-43-18-16-38)37-29(41)25(20-22-7-4-3-5-8-22)36-26(39)12-11-23-9-6-10-24(32)19-23/h3-10,19,21,25,27-28,40H,11-18,20H2,1-2H3,(H,35,42)(H,36,39)(H,37,41)/t25?,27-,28+/m0/s1. The van der Waals surface area contributed by atoms with Gasteiger partial charge in [-0.3, -0.25) is 19.3 Å². The number of carbonyl (C=O) groups excluding carboxylic acids is 3. The lowest BCUT2D eigenvalue weighted by Gasteiger charge is -2.33. The van der Waals surface area contributed by atoms with E-state index < -0.39 is 47.7 Å². The van der Waals surface area contributed by atoms with Gasteiger partial charge in [0.25, 0.3) is 5.91 Å². The molecule has 0 radical (unpaired) electrons. The van der Waals surface area contributed by atoms with Gasteiger partial charge >= 0.3 is 5.92 Å². The summed E-state index contributed by atoms with van der Waals surface area (Å²) in [5.74, 6) is -7.63. The Morgan fingerprint density at radius 2 is 1.70 bits per heavy atom. The number of hydrogen-bond donors (Lipinski definition) is 4. The van der Waals surface area contributed by atoms with Crippen LogP contribution < -0.4 is 16.0 Å². The molecule has 0 aliphatic carbocycles. The van der Waals surface area contributed by atoms with Crippen molar-refractivity contribution in [2.24, 2.45) is 5.92 Å². The van der Waals surface area contributed by atoms with Crippen LogP contribution in [0.3, 0.4) is 0 Å². The fourth-order valence-electron chi connectivity index (χ4n) is 4.78. The molecule has 1 heterocycles. The van der Waals surface area contributed by atoms with Crippen LogP contribution in [0.1, 0.15) is 31.4 Å². The second-order valence-corrected chi connectivity index (χ2v) is 11.4. The highest BCUT2D eigenvalue weighted by molar-refractivity contribution is 6.30. The number of halogens is 3. The number of rotatable bonds is 15. The second-order valence-electron chi connectivity index (χ2n) is 11.0. The maximum absolute atomic E-state index is 15.2. The summed E-state index contributed by atoms with van der Waals surface area (Å²) in [6.45, 7) is 5.78. The van der Waals surface area contributed by atoms with E-state index in [-0.39, 0.29) is 19.4 Å². The molecule has 1 unspecified atom stereocenters. The lowest BCUT2D eigenvalue weighted by molar-refractivity contribution is -0.169. The molecule has 1 fully saturated rings. The second kappa shape index (κ2) is 16.7. The van der Waals surface area contributed by atoms with Crippen LogP contribution in [0.15, 0.2) is 54.6 Å². The number of benzene rings is 2. The number of aliphatic hydroxyl groups is 1. The van der Waals surface area contributed by atoms with E-state index in [1.807, 2.05) is 11.0 Å². The predicted molar refractivity (Wildman–Crippen MR) is 160 cm³/mol. The molecule has 12 heteroatoms. The van der Waals surface area contributed by atoms with E-state index in [4.69, 9.17) is 16.3 Å². The van der Waals surface area contributed by atoms with Crippen molar-refractivity contribution in [1.82, 2.24) is 20.9 Å². The number of carbonyl (C=O) groups is 3. The van der Waals surface area contributed by atoms with Crippen molar-refractivity contribution in [1.29, 1.82) is 0 Å². The van der Waals surface area contributed by atoms with E-state index in [2.05, 4.69) is 16.0 Å². The quantitative estimate of drug-likeness (QED) is 0.242. The van der Waals surface area contributed by atoms with Gasteiger partial charge in [0, 0.05) is 44.0 Å². The maximum atomic E-state index is 15.2. The molecule has 4 N–H and O–H groups in total. The first kappa shape index (κ1) is 34.4. The zero-order valence-corrected chi connectivity index (χ0v) is 25.3. The molecular weight excluding hydrogens is 582 g/mol. The SMILES string of the molecule is CC(C)[C@H](NC(=O)C(Cc1ccccc1)NC(=O)CCc1cccc(Cl)c1)[C@@H](O)C(F)(F)C(=O)NCCN1CCOCC1. The normalized spacial score (nSPS) is 16.3. The van der Waals surface area contributed by atoms with Gasteiger partial charge in [0.2, 0.25) is 11.8 Å². The molecule has 3 rings (SSSR count). The van der Waals surface area contributed by atoms with Gasteiger partial charge in [-0.25, -0.2) is 0 Å². The molecular formula is C31H41ClF2N4O5. The Hall–Kier alpha value is -3.12. The van der Waals surface area contributed by atoms with Crippen molar-refractivity contribution in [3.05, 3.63) is 70.7 Å². The van der Waals surface area contributed by atoms with Crippen molar-refractivity contribution >= 4 is 29.3 Å². The van der Waals surface area contributed by atoms with Gasteiger partial charge in [-0.15, -0.1) is 0 Å². The van der Waals surface area contributed by atoms with E-state index >= 15 is 8.78 Å². The van der Waals surface area contributed by atoms with Gasteiger partial charge in [-0.05, 0) is 35.6 Å². The number of aliphatic hydroxyl groups excluding tert-OH is 1. The van der Waals surface area contributed by atoms with Crippen LogP contribution in [-0.4, -0.2) is 91.2 Å². The molecule has 3 atom stereocenters. The van der Waals surface area contributed by atoms with E-state index in [1.165, 1.54) is 0 Å². The molecule has 3 amide bonds. The summed E-state index contributed by atoms with van der Waals surface area (Å²) < 4.78 is 35.6. The van der Waals surface area contributed by atoms with Crippen LogP contribution in [0.2, 0.25) is 5.02 Å². The molecule has 1 aliphatic rings. The smallest absolute Gasteiger partial charge is 0.351 e. The van der Waals surface area contributed by atoms with E-state index in [1.54, 1.807) is 62.4 Å². The number of aryl methyl sites for hydroxylation is 1. The predicted octanol–water partition coefficient (Wildman–Crippen LogP) is 2.59. The topological polar surface area (TPSA) is 120 Å². The van der Waals surface area contributed by atoms with Crippen molar-refractivity contribution in [3.63, 3.8) is 0 Å². The van der Waals surface area contributed by atoms with E-state index in [0.717, 1.165) is 11.1 Å². The molecule has 0 aromatic heterocycles. The number of alkyl halides is 2. The number of nitrogens with zero attached hydrogens (tertiary/aromatic N) is 1. The van der Waals surface area contributed by atoms with Gasteiger partial charge in [-0.1, -0.05) is 67.9 Å². The summed E-state index contributed by atoms with van der Waals surface area (Å²) in [7, 11) is 0. The van der Waals surface area contributed by atoms with Gasteiger partial charge in [-0.2, -0.15) is 8.78 Å². The zero-order valence-electron chi connectivity index (χ0n) is 24.5. The molecule has 0 bridgehead atoms. The number of morpholine rings is 1. The summed E-state index contributed by atoms with van der Waals surface area (Å²) >= 11 is 6.03. The average Bonchev–Trinajstić information content (AvgIpc) is 2.99. The fourth-order valence-corrected chi connectivity index (χ4v) is 4.99. The summed E-state index contributed by atoms with van der Waals surface area (Å²) in [4.78, 5) is 40.7. The molecule has 9 nitrogen and oxygen atoms in total. The minimum atomic E-state index is -4.18. The monoisotopic (exact) mass is 622 g/mol. The minimum absolute atomic E-state index is 0.0276. The summed E-state index contributed by atoms with van der Waals surface area (Å²) in [6, 6.07) is 13.4. The zero-order chi connectivity index (χ0) is 31.4. The maximum Gasteiger partial charge on any atom is 0.351 e. The van der Waals surface area contributed by atoms with Crippen LogP contribution in [0.4, 0.5) is 8.78 Å². The Morgan fingerprint density at radius 3 is 2.35 bits per heavy atom. The van der Waals surface area contributed by atoms with Gasteiger partial charge in [0.05, 0.1) is 19.3 Å². The highest BCUT2D eigenvalue weighted by atomic mass is 35.5. The Bertz CT molecular complexity index is 1200. The van der Waals surface area contributed by atoms with Crippen LogP contribution in [0.25, 0.3) is 0 Å². The Balaban J connectivity index is 1.66.